The molecule has 3 heterocycles. The monoisotopic (exact) mass is 746 g/mol. The summed E-state index contributed by atoms with van der Waals surface area (Å²) in [6.07, 6.45) is 23.0. The summed E-state index contributed by atoms with van der Waals surface area (Å²) in [6.45, 7) is 4.14. The van der Waals surface area contributed by atoms with Gasteiger partial charge in [0.1, 0.15) is 17.7 Å². The lowest BCUT2D eigenvalue weighted by molar-refractivity contribution is -0.190. The highest BCUT2D eigenvalue weighted by atomic mass is 16.6. The molecule has 4 unspecified atom stereocenters. The van der Waals surface area contributed by atoms with E-state index in [0.717, 1.165) is 103 Å². The van der Waals surface area contributed by atoms with Crippen LogP contribution in [0.3, 0.4) is 0 Å². The van der Waals surface area contributed by atoms with Crippen molar-refractivity contribution in [3.05, 3.63) is 12.7 Å². The number of esters is 1. The number of nitrogens with one attached hydrogen (secondary N) is 2. The van der Waals surface area contributed by atoms with Crippen LogP contribution in [0.4, 0.5) is 0 Å². The number of morpholine rings is 1. The maximum Gasteiger partial charge on any atom is 0.324 e. The lowest BCUT2D eigenvalue weighted by Crippen LogP contribution is -2.66. The fourth-order valence-corrected chi connectivity index (χ4v) is 13.5. The van der Waals surface area contributed by atoms with Crippen LogP contribution in [-0.4, -0.2) is 81.4 Å². The molecular formula is C45H67N3O6. The smallest absolute Gasteiger partial charge is 0.324 e. The second-order valence-corrected chi connectivity index (χ2v) is 18.9. The quantitative estimate of drug-likeness (QED) is 0.115. The molecule has 0 aromatic heterocycles. The van der Waals surface area contributed by atoms with Crippen LogP contribution in [0.2, 0.25) is 0 Å². The van der Waals surface area contributed by atoms with E-state index < -0.39 is 23.0 Å². The number of ether oxygens (including phenoxy) is 1. The van der Waals surface area contributed by atoms with Crippen LogP contribution in [0, 0.1) is 52.8 Å². The average Bonchev–Trinajstić information content (AvgIpc) is 3.55. The Morgan fingerprint density at radius 3 is 2.19 bits per heavy atom. The molecule has 9 nitrogen and oxygen atoms in total. The molecule has 5 saturated carbocycles. The van der Waals surface area contributed by atoms with Gasteiger partial charge in [0.2, 0.25) is 11.8 Å². The molecule has 298 valence electrons. The van der Waals surface area contributed by atoms with Crippen molar-refractivity contribution in [2.24, 2.45) is 40.9 Å². The second-order valence-electron chi connectivity index (χ2n) is 18.9. The van der Waals surface area contributed by atoms with Gasteiger partial charge in [0.05, 0.1) is 23.5 Å². The van der Waals surface area contributed by atoms with Crippen LogP contribution in [0.1, 0.15) is 148 Å². The van der Waals surface area contributed by atoms with Gasteiger partial charge in [-0.2, -0.15) is 0 Å². The topological polar surface area (TPSA) is 128 Å². The molecule has 3 saturated heterocycles. The van der Waals surface area contributed by atoms with E-state index in [2.05, 4.69) is 34.0 Å². The van der Waals surface area contributed by atoms with Crippen LogP contribution in [-0.2, 0) is 19.1 Å². The van der Waals surface area contributed by atoms with Gasteiger partial charge < -0.3 is 25.6 Å². The first-order chi connectivity index (χ1) is 26.2. The Balaban J connectivity index is 1.26. The molecule has 9 atom stereocenters. The van der Waals surface area contributed by atoms with E-state index in [1.165, 1.54) is 12.8 Å². The van der Waals surface area contributed by atoms with Crippen molar-refractivity contribution in [2.75, 3.05) is 6.54 Å². The van der Waals surface area contributed by atoms with Crippen LogP contribution in [0.15, 0.2) is 12.7 Å². The van der Waals surface area contributed by atoms with E-state index in [4.69, 9.17) is 4.74 Å². The maximum absolute atomic E-state index is 15.4. The van der Waals surface area contributed by atoms with Crippen molar-refractivity contribution in [3.63, 3.8) is 0 Å². The van der Waals surface area contributed by atoms with Gasteiger partial charge in [-0.15, -0.1) is 6.58 Å². The van der Waals surface area contributed by atoms with E-state index in [0.29, 0.717) is 38.0 Å². The molecule has 1 spiro atoms. The van der Waals surface area contributed by atoms with Gasteiger partial charge in [-0.05, 0) is 120 Å². The Kier molecular flexibility index (Phi) is 11.6. The molecule has 0 bridgehead atoms. The van der Waals surface area contributed by atoms with Gasteiger partial charge in [0, 0.05) is 24.5 Å². The molecule has 9 heteroatoms. The van der Waals surface area contributed by atoms with Crippen LogP contribution in [0.5, 0.6) is 0 Å². The first-order valence-corrected chi connectivity index (χ1v) is 22.4. The molecular weight excluding hydrogens is 679 g/mol. The van der Waals surface area contributed by atoms with Gasteiger partial charge in [-0.1, -0.05) is 69.3 Å². The van der Waals surface area contributed by atoms with Gasteiger partial charge in [-0.25, -0.2) is 0 Å². The molecule has 5 aliphatic carbocycles. The highest BCUT2D eigenvalue weighted by Gasteiger charge is 2.77. The van der Waals surface area contributed by atoms with Crippen molar-refractivity contribution in [1.82, 2.24) is 15.5 Å². The zero-order valence-corrected chi connectivity index (χ0v) is 32.7. The van der Waals surface area contributed by atoms with Crippen molar-refractivity contribution in [3.8, 4) is 11.8 Å². The van der Waals surface area contributed by atoms with Gasteiger partial charge in [0.25, 0.3) is 0 Å². The number of nitrogens with zero attached hydrogens (tertiary/aromatic N) is 1. The number of fused-ring (bicyclic) bond motifs is 3. The Morgan fingerprint density at radius 1 is 0.870 bits per heavy atom. The predicted molar refractivity (Wildman–Crippen MR) is 207 cm³/mol. The number of rotatable bonds is 6. The van der Waals surface area contributed by atoms with Crippen molar-refractivity contribution < 1.29 is 29.3 Å². The summed E-state index contributed by atoms with van der Waals surface area (Å²) in [5.41, 5.74) is -2.12. The van der Waals surface area contributed by atoms with Crippen molar-refractivity contribution >= 4 is 17.8 Å². The summed E-state index contributed by atoms with van der Waals surface area (Å²) in [7, 11) is 0. The number of aliphatic hydroxyl groups excluding tert-OH is 1. The van der Waals surface area contributed by atoms with E-state index >= 15 is 4.79 Å². The lowest BCUT2D eigenvalue weighted by Gasteiger charge is -2.54. The molecule has 3 aliphatic heterocycles. The lowest BCUT2D eigenvalue weighted by atomic mass is 9.55. The van der Waals surface area contributed by atoms with Crippen LogP contribution in [0.25, 0.3) is 0 Å². The third-order valence-electron chi connectivity index (χ3n) is 15.9. The summed E-state index contributed by atoms with van der Waals surface area (Å²) in [5.74, 6) is 5.81. The largest absolute Gasteiger partial charge is 0.459 e. The minimum atomic E-state index is -1.15. The number of aliphatic hydroxyl groups is 2. The van der Waals surface area contributed by atoms with Crippen LogP contribution >= 0.6 is 0 Å². The van der Waals surface area contributed by atoms with Crippen LogP contribution < -0.4 is 10.6 Å². The highest BCUT2D eigenvalue weighted by Crippen LogP contribution is 2.64. The molecule has 8 fully saturated rings. The first kappa shape index (κ1) is 38.5. The molecule has 8 aliphatic rings. The maximum atomic E-state index is 15.4. The fraction of sp³-hybridized carbons (Fsp3) is 0.844. The minimum absolute atomic E-state index is 0.0116. The zero-order valence-electron chi connectivity index (χ0n) is 32.7. The fourth-order valence-electron chi connectivity index (χ4n) is 13.5. The highest BCUT2D eigenvalue weighted by molar-refractivity contribution is 5.99. The summed E-state index contributed by atoms with van der Waals surface area (Å²) < 4.78 is 6.76. The molecule has 0 aromatic rings. The first-order valence-electron chi connectivity index (χ1n) is 22.4. The minimum Gasteiger partial charge on any atom is -0.459 e. The Hall–Kier alpha value is -2.41. The normalized spacial score (nSPS) is 41.7. The molecule has 0 aromatic carbocycles. The third kappa shape index (κ3) is 6.97. The van der Waals surface area contributed by atoms with E-state index in [-0.39, 0.29) is 78.3 Å². The number of hydrogen-bond acceptors (Lipinski definition) is 7. The van der Waals surface area contributed by atoms with E-state index in [1.807, 2.05) is 0 Å². The molecule has 4 N–H and O–H groups in total. The number of carbonyl (C=O) groups excluding carboxylic acids is 3. The average molecular weight is 746 g/mol. The standard InChI is InChI=1S/C45H67N3O6/c1-2-27-46-41(50)36-38-42(51)54-39(31-15-9-6-10-16-31)37(30-13-7-5-8-14-30)48(38)40(32-18-20-33(49)21-19-32)45(36)34-28-29(17-22-35(34)47-43(45)52)23-26-44(53)24-11-3-4-12-25-44/h2,29-40,49,53H,1,3-22,24-25,27-28H2,(H,46,50)(H,47,52)/t29?,32?,33?,34?,35?,36?,37-,38-,39+,40+,45-/m1/s1. The Bertz CT molecular complexity index is 1440. The SMILES string of the molecule is C=CCNC(=O)C1[C@@H]2C(=O)O[C@@H](C3CCCCC3)[C@@H](C3CCCCC3)N2[C@@H](C2CCC(O)CC2)[C@]12C(=O)NC1CCC(C#CC3(O)CCCCCC3)CC12. The predicted octanol–water partition coefficient (Wildman–Crippen LogP) is 5.95. The van der Waals surface area contributed by atoms with Gasteiger partial charge >= 0.3 is 5.97 Å². The molecule has 0 radical (unpaired) electrons. The number of hydrogen-bond donors (Lipinski definition) is 4. The van der Waals surface area contributed by atoms with E-state index in [9.17, 15) is 19.8 Å². The summed E-state index contributed by atoms with van der Waals surface area (Å²) in [4.78, 5) is 47.8. The van der Waals surface area contributed by atoms with Crippen molar-refractivity contribution in [1.29, 1.82) is 0 Å². The van der Waals surface area contributed by atoms with Gasteiger partial charge in [0.15, 0.2) is 0 Å². The summed E-state index contributed by atoms with van der Waals surface area (Å²) in [6, 6.07) is -1.32. The molecule has 2 amide bonds. The second kappa shape index (κ2) is 16.2. The Morgan fingerprint density at radius 2 is 1.52 bits per heavy atom. The Labute approximate surface area is 323 Å². The number of cyclic esters (lactones) is 1. The van der Waals surface area contributed by atoms with Crippen molar-refractivity contribution in [2.45, 2.75) is 190 Å². The van der Waals surface area contributed by atoms with Gasteiger partial charge in [-0.3, -0.25) is 19.3 Å². The number of amides is 2. The summed E-state index contributed by atoms with van der Waals surface area (Å²) in [5, 5.41) is 28.9. The zero-order chi connectivity index (χ0) is 37.5. The molecule has 8 rings (SSSR count). The third-order valence-corrected chi connectivity index (χ3v) is 15.9. The summed E-state index contributed by atoms with van der Waals surface area (Å²) >= 11 is 0. The number of carbonyl (C=O) groups is 3. The van der Waals surface area contributed by atoms with E-state index in [1.54, 1.807) is 6.08 Å². The molecule has 54 heavy (non-hydrogen) atoms.